The molecule has 1 atom stereocenters. The summed E-state index contributed by atoms with van der Waals surface area (Å²) in [7, 11) is 0. The Kier molecular flexibility index (Phi) is 54.3. The standard InChI is InChI=1S/C62H110O6/c1-4-7-10-13-16-19-22-25-28-30-32-34-37-40-43-46-49-52-55-61(64)67-58-59(57-66-60(63)54-51-48-45-42-39-36-27-24-21-18-15-12-9-6-3)68-62(65)56-53-50-47-44-41-38-35-33-31-29-26-23-20-17-14-11-8-5-2/h22,25,28-35,59H,4-21,23-24,26-27,36-58H2,1-3H3/b25-22-,30-28-,31-29-,34-32-,35-33-. The molecule has 394 valence electrons. The van der Waals surface area contributed by atoms with Crippen LogP contribution in [0.2, 0.25) is 0 Å². The van der Waals surface area contributed by atoms with Gasteiger partial charge in [-0.1, -0.05) is 268 Å². The lowest BCUT2D eigenvalue weighted by Crippen LogP contribution is -2.30. The third-order valence-electron chi connectivity index (χ3n) is 12.8. The van der Waals surface area contributed by atoms with Crippen LogP contribution in [0.3, 0.4) is 0 Å². The molecule has 0 spiro atoms. The van der Waals surface area contributed by atoms with Gasteiger partial charge in [0.2, 0.25) is 0 Å². The van der Waals surface area contributed by atoms with Crippen LogP contribution in [0.5, 0.6) is 0 Å². The highest BCUT2D eigenvalue weighted by atomic mass is 16.6. The number of carbonyl (C=O) groups is 3. The van der Waals surface area contributed by atoms with Crippen molar-refractivity contribution in [3.05, 3.63) is 60.8 Å². The van der Waals surface area contributed by atoms with Gasteiger partial charge in [-0.15, -0.1) is 0 Å². The monoisotopic (exact) mass is 951 g/mol. The fraction of sp³-hybridized carbons (Fsp3) is 0.790. The summed E-state index contributed by atoms with van der Waals surface area (Å²) < 4.78 is 16.9. The van der Waals surface area contributed by atoms with E-state index in [1.54, 1.807) is 0 Å². The zero-order valence-corrected chi connectivity index (χ0v) is 45.1. The largest absolute Gasteiger partial charge is 0.462 e. The van der Waals surface area contributed by atoms with E-state index in [-0.39, 0.29) is 31.1 Å². The predicted octanol–water partition coefficient (Wildman–Crippen LogP) is 19.6. The van der Waals surface area contributed by atoms with Crippen molar-refractivity contribution in [2.24, 2.45) is 0 Å². The summed E-state index contributed by atoms with van der Waals surface area (Å²) in [6.45, 7) is 6.62. The second-order valence-electron chi connectivity index (χ2n) is 19.6. The van der Waals surface area contributed by atoms with Gasteiger partial charge >= 0.3 is 17.9 Å². The van der Waals surface area contributed by atoms with E-state index in [1.807, 2.05) is 0 Å². The Labute approximate surface area is 421 Å². The molecule has 0 aromatic rings. The van der Waals surface area contributed by atoms with Crippen LogP contribution in [0.15, 0.2) is 60.8 Å². The van der Waals surface area contributed by atoms with Crippen molar-refractivity contribution in [1.29, 1.82) is 0 Å². The average molecular weight is 952 g/mol. The molecule has 0 saturated heterocycles. The zero-order valence-electron chi connectivity index (χ0n) is 45.1. The van der Waals surface area contributed by atoms with Gasteiger partial charge < -0.3 is 14.2 Å². The average Bonchev–Trinajstić information content (AvgIpc) is 3.34. The molecule has 1 unspecified atom stereocenters. The number of allylic oxidation sites excluding steroid dienone is 10. The van der Waals surface area contributed by atoms with Crippen LogP contribution in [0.25, 0.3) is 0 Å². The molecule has 0 heterocycles. The van der Waals surface area contributed by atoms with Crippen molar-refractivity contribution in [1.82, 2.24) is 0 Å². The molecule has 0 bridgehead atoms. The lowest BCUT2D eigenvalue weighted by molar-refractivity contribution is -0.167. The highest BCUT2D eigenvalue weighted by Crippen LogP contribution is 2.16. The lowest BCUT2D eigenvalue weighted by atomic mass is 10.0. The summed E-state index contributed by atoms with van der Waals surface area (Å²) >= 11 is 0. The van der Waals surface area contributed by atoms with Crippen LogP contribution in [0.4, 0.5) is 0 Å². The maximum atomic E-state index is 12.9. The Hall–Kier alpha value is -2.89. The van der Waals surface area contributed by atoms with Gasteiger partial charge in [-0.2, -0.15) is 0 Å². The topological polar surface area (TPSA) is 78.9 Å². The van der Waals surface area contributed by atoms with Gasteiger partial charge in [0.15, 0.2) is 6.10 Å². The lowest BCUT2D eigenvalue weighted by Gasteiger charge is -2.18. The van der Waals surface area contributed by atoms with Crippen molar-refractivity contribution in [3.8, 4) is 0 Å². The molecule has 0 N–H and O–H groups in total. The van der Waals surface area contributed by atoms with Crippen LogP contribution in [-0.2, 0) is 28.6 Å². The highest BCUT2D eigenvalue weighted by molar-refractivity contribution is 5.71. The molecule has 0 aromatic carbocycles. The van der Waals surface area contributed by atoms with Gasteiger partial charge in [-0.25, -0.2) is 0 Å². The molecule has 0 fully saturated rings. The maximum Gasteiger partial charge on any atom is 0.306 e. The zero-order chi connectivity index (χ0) is 49.3. The van der Waals surface area contributed by atoms with Gasteiger partial charge in [-0.05, 0) is 70.6 Å². The Morgan fingerprint density at radius 3 is 0.824 bits per heavy atom. The van der Waals surface area contributed by atoms with Crippen molar-refractivity contribution < 1.29 is 28.6 Å². The number of esters is 3. The van der Waals surface area contributed by atoms with Gasteiger partial charge in [0.25, 0.3) is 0 Å². The minimum atomic E-state index is -0.789. The summed E-state index contributed by atoms with van der Waals surface area (Å²) in [5, 5.41) is 0. The van der Waals surface area contributed by atoms with E-state index in [2.05, 4.69) is 81.5 Å². The molecule has 0 radical (unpaired) electrons. The smallest absolute Gasteiger partial charge is 0.306 e. The second-order valence-corrected chi connectivity index (χ2v) is 19.6. The molecule has 6 heteroatoms. The van der Waals surface area contributed by atoms with Crippen LogP contribution in [0, 0.1) is 0 Å². The van der Waals surface area contributed by atoms with Crippen molar-refractivity contribution in [2.75, 3.05) is 13.2 Å². The minimum Gasteiger partial charge on any atom is -0.462 e. The minimum absolute atomic E-state index is 0.0849. The maximum absolute atomic E-state index is 12.9. The number of carbonyl (C=O) groups excluding carboxylic acids is 3. The third-order valence-corrected chi connectivity index (χ3v) is 12.8. The molecule has 0 amide bonds. The van der Waals surface area contributed by atoms with E-state index in [4.69, 9.17) is 14.2 Å². The molecule has 0 saturated carbocycles. The Bertz CT molecular complexity index is 1230. The second kappa shape index (κ2) is 56.7. The summed E-state index contributed by atoms with van der Waals surface area (Å²) in [5.41, 5.74) is 0. The SMILES string of the molecule is CCCCCCC\C=C/C=C\C=C/CCCCCCCC(=O)OCC(COC(=O)CCCCCCCCCCCCCCCC)OC(=O)CCCCCCC/C=C\C=C/CCCCCCCCC. The number of rotatable bonds is 53. The Balaban J connectivity index is 4.43. The summed E-state index contributed by atoms with van der Waals surface area (Å²) in [4.78, 5) is 38.2. The van der Waals surface area contributed by atoms with Crippen LogP contribution in [0.1, 0.15) is 297 Å². The first-order valence-corrected chi connectivity index (χ1v) is 29.3. The van der Waals surface area contributed by atoms with E-state index >= 15 is 0 Å². The van der Waals surface area contributed by atoms with E-state index < -0.39 is 6.10 Å². The number of ether oxygens (including phenoxy) is 3. The van der Waals surface area contributed by atoms with Crippen molar-refractivity contribution in [2.45, 2.75) is 303 Å². The van der Waals surface area contributed by atoms with E-state index in [1.165, 1.54) is 161 Å². The quantitative estimate of drug-likeness (QED) is 0.0262. The van der Waals surface area contributed by atoms with Gasteiger partial charge in [-0.3, -0.25) is 14.4 Å². The molecule has 0 aliphatic carbocycles. The van der Waals surface area contributed by atoms with Crippen LogP contribution >= 0.6 is 0 Å². The molecule has 0 rings (SSSR count). The normalized spacial score (nSPS) is 12.5. The predicted molar refractivity (Wildman–Crippen MR) is 293 cm³/mol. The first kappa shape index (κ1) is 65.1. The molecule has 6 nitrogen and oxygen atoms in total. The number of unbranched alkanes of at least 4 members (excludes halogenated alkanes) is 35. The highest BCUT2D eigenvalue weighted by Gasteiger charge is 2.19. The molecule has 68 heavy (non-hydrogen) atoms. The number of hydrogen-bond acceptors (Lipinski definition) is 6. The first-order valence-electron chi connectivity index (χ1n) is 29.3. The van der Waals surface area contributed by atoms with E-state index in [0.29, 0.717) is 19.3 Å². The molecular weight excluding hydrogens is 841 g/mol. The first-order chi connectivity index (χ1) is 33.5. The van der Waals surface area contributed by atoms with Gasteiger partial charge in [0.1, 0.15) is 13.2 Å². The van der Waals surface area contributed by atoms with Crippen LogP contribution in [-0.4, -0.2) is 37.2 Å². The van der Waals surface area contributed by atoms with Crippen molar-refractivity contribution >= 4 is 17.9 Å². The Morgan fingerprint density at radius 1 is 0.294 bits per heavy atom. The third kappa shape index (κ3) is 54.1. The van der Waals surface area contributed by atoms with Gasteiger partial charge in [0, 0.05) is 19.3 Å². The molecule has 0 aliphatic heterocycles. The molecular formula is C62H110O6. The summed E-state index contributed by atoms with van der Waals surface area (Å²) in [5.74, 6) is -0.908. The van der Waals surface area contributed by atoms with E-state index in [0.717, 1.165) is 96.3 Å². The van der Waals surface area contributed by atoms with Crippen LogP contribution < -0.4 is 0 Å². The van der Waals surface area contributed by atoms with Gasteiger partial charge in [0.05, 0.1) is 0 Å². The fourth-order valence-electron chi connectivity index (χ4n) is 8.38. The van der Waals surface area contributed by atoms with E-state index in [9.17, 15) is 14.4 Å². The van der Waals surface area contributed by atoms with Crippen molar-refractivity contribution in [3.63, 3.8) is 0 Å². The summed E-state index contributed by atoms with van der Waals surface area (Å²) in [6, 6.07) is 0. The fourth-order valence-corrected chi connectivity index (χ4v) is 8.38. The molecule has 0 aromatic heterocycles. The Morgan fingerprint density at radius 2 is 0.529 bits per heavy atom. The molecule has 0 aliphatic rings. The summed E-state index contributed by atoms with van der Waals surface area (Å²) in [6.07, 6.45) is 70.6. The number of hydrogen-bond donors (Lipinski definition) is 0.